The number of esters is 1. The van der Waals surface area contributed by atoms with Crippen LogP contribution in [0.15, 0.2) is 60.7 Å². The van der Waals surface area contributed by atoms with Gasteiger partial charge < -0.3 is 24.4 Å². The zero-order chi connectivity index (χ0) is 22.5. The molecule has 2 aromatic carbocycles. The van der Waals surface area contributed by atoms with Gasteiger partial charge in [-0.3, -0.25) is 9.36 Å². The van der Waals surface area contributed by atoms with E-state index in [2.05, 4.69) is 0 Å². The van der Waals surface area contributed by atoms with Crippen LogP contribution < -0.4 is 14.5 Å². The molecule has 7 nitrogen and oxygen atoms in total. The molecule has 0 aromatic heterocycles. The van der Waals surface area contributed by atoms with Gasteiger partial charge in [0.1, 0.15) is 30.4 Å². The van der Waals surface area contributed by atoms with Crippen molar-refractivity contribution in [2.24, 2.45) is 0 Å². The zero-order valence-corrected chi connectivity index (χ0v) is 18.6. The van der Waals surface area contributed by atoms with Crippen molar-refractivity contribution < 1.29 is 33.7 Å². The molecule has 2 aromatic rings. The first kappa shape index (κ1) is 25.0. The Morgan fingerprint density at radius 1 is 1.13 bits per heavy atom. The van der Waals surface area contributed by atoms with Gasteiger partial charge in [0.15, 0.2) is 0 Å². The van der Waals surface area contributed by atoms with Crippen molar-refractivity contribution in [3.05, 3.63) is 66.2 Å². The van der Waals surface area contributed by atoms with E-state index in [9.17, 15) is 9.90 Å². The smallest absolute Gasteiger partial charge is 0.317 e. The highest BCUT2D eigenvalue weighted by atomic mass is 31.1. The molecule has 1 fully saturated rings. The number of piperidine rings is 1. The van der Waals surface area contributed by atoms with Gasteiger partial charge in [0.05, 0.1) is 28.4 Å². The van der Waals surface area contributed by atoms with E-state index < -0.39 is 20.2 Å². The maximum Gasteiger partial charge on any atom is 0.317 e. The fraction of sp³-hybridized carbons (Fsp3) is 0.435. The third-order valence-electron chi connectivity index (χ3n) is 5.51. The molecule has 1 aliphatic rings. The number of para-hydroxylation sites is 1. The van der Waals surface area contributed by atoms with Gasteiger partial charge in [0.25, 0.3) is 0 Å². The number of hydrogen-bond acceptors (Lipinski definition) is 6. The number of carbonyl (C=O) groups is 1. The van der Waals surface area contributed by atoms with E-state index in [4.69, 9.17) is 18.9 Å². The summed E-state index contributed by atoms with van der Waals surface area (Å²) < 4.78 is 19.4. The minimum Gasteiger partial charge on any atom is -0.772 e. The van der Waals surface area contributed by atoms with Gasteiger partial charge in [-0.05, 0) is 24.6 Å². The van der Waals surface area contributed by atoms with Crippen molar-refractivity contribution in [3.63, 3.8) is 0 Å². The van der Waals surface area contributed by atoms with Crippen molar-refractivity contribution in [1.82, 2.24) is 0 Å². The molecule has 1 atom stereocenters. The van der Waals surface area contributed by atoms with Crippen LogP contribution in [0, 0.1) is 0 Å². The van der Waals surface area contributed by atoms with Crippen molar-refractivity contribution in [1.29, 1.82) is 0 Å². The van der Waals surface area contributed by atoms with Crippen LogP contribution in [0.2, 0.25) is 0 Å². The molecule has 1 aliphatic heterocycles. The fourth-order valence-electron chi connectivity index (χ4n) is 3.97. The summed E-state index contributed by atoms with van der Waals surface area (Å²) >= 11 is 0. The van der Waals surface area contributed by atoms with E-state index in [-0.39, 0.29) is 12.6 Å². The Labute approximate surface area is 184 Å². The highest BCUT2D eigenvalue weighted by molar-refractivity contribution is 7.14. The SMILES string of the molecule is CCOC(=O)C1(c2ccccc2)CC[NH+](CC(O)COc2ccccc2)CC1.O=P[O-]. The second-order valence-electron chi connectivity index (χ2n) is 7.48. The molecule has 0 bridgehead atoms. The van der Waals surface area contributed by atoms with Gasteiger partial charge in [-0.1, -0.05) is 48.5 Å². The average molecular weight is 447 g/mol. The Hall–Kier alpha value is -2.31. The lowest BCUT2D eigenvalue weighted by Crippen LogP contribution is -3.14. The van der Waals surface area contributed by atoms with Gasteiger partial charge in [0.2, 0.25) is 0 Å². The fourth-order valence-corrected chi connectivity index (χ4v) is 3.97. The van der Waals surface area contributed by atoms with Crippen LogP contribution in [0.5, 0.6) is 5.75 Å². The molecular weight excluding hydrogens is 417 g/mol. The molecule has 1 heterocycles. The summed E-state index contributed by atoms with van der Waals surface area (Å²) in [7, 11) is -1.08. The molecule has 0 radical (unpaired) electrons. The van der Waals surface area contributed by atoms with Gasteiger partial charge in [0, 0.05) is 12.8 Å². The Morgan fingerprint density at radius 3 is 2.23 bits per heavy atom. The summed E-state index contributed by atoms with van der Waals surface area (Å²) in [4.78, 5) is 22.4. The Bertz CT molecular complexity index is 781. The van der Waals surface area contributed by atoms with Crippen molar-refractivity contribution >= 4 is 14.7 Å². The monoisotopic (exact) mass is 447 g/mol. The highest BCUT2D eigenvalue weighted by Crippen LogP contribution is 2.34. The maximum absolute atomic E-state index is 12.8. The number of rotatable bonds is 8. The minimum atomic E-state index is -1.08. The lowest BCUT2D eigenvalue weighted by atomic mass is 9.72. The third-order valence-corrected chi connectivity index (χ3v) is 5.51. The van der Waals surface area contributed by atoms with Crippen LogP contribution in [0.1, 0.15) is 25.3 Å². The van der Waals surface area contributed by atoms with Gasteiger partial charge in [-0.25, -0.2) is 0 Å². The van der Waals surface area contributed by atoms with Crippen molar-refractivity contribution in [2.75, 3.05) is 32.8 Å². The molecule has 31 heavy (non-hydrogen) atoms. The predicted octanol–water partition coefficient (Wildman–Crippen LogP) is 1.16. The number of hydrogen-bond donors (Lipinski definition) is 2. The summed E-state index contributed by atoms with van der Waals surface area (Å²) in [6.45, 7) is 4.75. The molecule has 1 saturated heterocycles. The maximum atomic E-state index is 12.8. The second kappa shape index (κ2) is 13.2. The summed E-state index contributed by atoms with van der Waals surface area (Å²) in [5.41, 5.74) is 0.451. The molecule has 0 spiro atoms. The van der Waals surface area contributed by atoms with Crippen molar-refractivity contribution in [2.45, 2.75) is 31.3 Å². The minimum absolute atomic E-state index is 0.131. The second-order valence-corrected chi connectivity index (χ2v) is 7.62. The first-order valence-electron chi connectivity index (χ1n) is 10.4. The Morgan fingerprint density at radius 2 is 1.68 bits per heavy atom. The number of nitrogens with one attached hydrogen (secondary N) is 1. The molecule has 168 valence electrons. The number of aliphatic hydroxyl groups is 1. The third kappa shape index (κ3) is 7.40. The lowest BCUT2D eigenvalue weighted by Gasteiger charge is -2.38. The van der Waals surface area contributed by atoms with Crippen LogP contribution in [-0.2, 0) is 19.5 Å². The number of likely N-dealkylation sites (tertiary alicyclic amines) is 1. The first-order valence-corrected chi connectivity index (χ1v) is 11.2. The first-order chi connectivity index (χ1) is 15.1. The number of ether oxygens (including phenoxy) is 2. The van der Waals surface area contributed by atoms with Crippen molar-refractivity contribution in [3.8, 4) is 5.75 Å². The number of aliphatic hydroxyl groups excluding tert-OH is 1. The molecule has 3 rings (SSSR count). The predicted molar refractivity (Wildman–Crippen MR) is 115 cm³/mol. The Kier molecular flexibility index (Phi) is 10.6. The quantitative estimate of drug-likeness (QED) is 0.465. The van der Waals surface area contributed by atoms with E-state index in [0.717, 1.165) is 37.2 Å². The van der Waals surface area contributed by atoms with Crippen LogP contribution >= 0.6 is 8.69 Å². The number of benzene rings is 2. The molecular formula is C23H30NO6P. The average Bonchev–Trinajstić information content (AvgIpc) is 2.80. The summed E-state index contributed by atoms with van der Waals surface area (Å²) in [5, 5.41) is 10.4. The van der Waals surface area contributed by atoms with E-state index in [1.54, 1.807) is 0 Å². The highest BCUT2D eigenvalue weighted by Gasteiger charge is 2.46. The van der Waals surface area contributed by atoms with Crippen LogP contribution in [0.25, 0.3) is 0 Å². The summed E-state index contributed by atoms with van der Waals surface area (Å²) in [6.07, 6.45) is 0.900. The van der Waals surface area contributed by atoms with Gasteiger partial charge in [-0.15, -0.1) is 0 Å². The van der Waals surface area contributed by atoms with Crippen LogP contribution in [-0.4, -0.2) is 50.0 Å². The largest absolute Gasteiger partial charge is 0.772 e. The standard InChI is InChI=1S/C23H29NO4.HO2P/c1-2-27-22(26)23(19-9-5-3-6-10-19)13-15-24(16-14-23)17-20(25)18-28-21-11-7-4-8-12-21;1-3-2/h3-12,20,25H,2,13-18H2,1H3;(H,1,2). The molecule has 0 aliphatic carbocycles. The van der Waals surface area contributed by atoms with Crippen LogP contribution in [0.3, 0.4) is 0 Å². The number of quaternary nitrogens is 1. The van der Waals surface area contributed by atoms with E-state index >= 15 is 0 Å². The summed E-state index contributed by atoms with van der Waals surface area (Å²) in [6, 6.07) is 19.5. The molecule has 0 amide bonds. The molecule has 2 N–H and O–H groups in total. The molecule has 8 heteroatoms. The van der Waals surface area contributed by atoms with Crippen LogP contribution in [0.4, 0.5) is 0 Å². The van der Waals surface area contributed by atoms with E-state index in [1.807, 2.05) is 67.6 Å². The van der Waals surface area contributed by atoms with E-state index in [0.29, 0.717) is 13.2 Å². The Balaban J connectivity index is 0.00000107. The summed E-state index contributed by atoms with van der Waals surface area (Å²) in [5.74, 6) is 0.633. The normalized spacial score (nSPS) is 21.5. The van der Waals surface area contributed by atoms with Gasteiger partial charge in [-0.2, -0.15) is 0 Å². The van der Waals surface area contributed by atoms with Gasteiger partial charge >= 0.3 is 5.97 Å². The molecule has 1 unspecified atom stereocenters. The number of carbonyl (C=O) groups excluding carboxylic acids is 1. The lowest BCUT2D eigenvalue weighted by molar-refractivity contribution is -0.909. The zero-order valence-electron chi connectivity index (χ0n) is 17.7. The topological polar surface area (TPSA) is 100 Å². The van der Waals surface area contributed by atoms with E-state index in [1.165, 1.54) is 4.90 Å². The molecule has 0 saturated carbocycles.